The third-order valence-electron chi connectivity index (χ3n) is 8.54. The number of carbonyl (C=O) groups excluding carboxylic acids is 3. The Kier molecular flexibility index (Phi) is 9.28. The van der Waals surface area contributed by atoms with E-state index in [4.69, 9.17) is 21.6 Å². The van der Waals surface area contributed by atoms with Crippen LogP contribution in [0.1, 0.15) is 47.2 Å². The zero-order valence-electron chi connectivity index (χ0n) is 24.1. The van der Waals surface area contributed by atoms with E-state index in [0.29, 0.717) is 49.2 Å². The SMILES string of the molecule is CCN(C(=O)Oc1ccc(F)cc1)[C@]1(C(=O)C2CCN(C(=O)c3ccc(C#N)cc3)CC2)CNC[C@H]1c1ccc(Cl)c(F)c1. The van der Waals surface area contributed by atoms with Crippen molar-refractivity contribution in [3.05, 3.63) is 100 Å². The third kappa shape index (κ3) is 6.03. The van der Waals surface area contributed by atoms with Crippen molar-refractivity contribution in [1.82, 2.24) is 15.1 Å². The zero-order valence-corrected chi connectivity index (χ0v) is 24.8. The first kappa shape index (κ1) is 31.1. The average molecular weight is 621 g/mol. The summed E-state index contributed by atoms with van der Waals surface area (Å²) < 4.78 is 33.8. The van der Waals surface area contributed by atoms with Gasteiger partial charge in [0.15, 0.2) is 5.78 Å². The minimum atomic E-state index is -1.43. The van der Waals surface area contributed by atoms with E-state index in [1.165, 1.54) is 41.3 Å². The zero-order chi connectivity index (χ0) is 31.4. The summed E-state index contributed by atoms with van der Waals surface area (Å²) in [6.07, 6.45) is -0.0481. The number of ether oxygens (including phenoxy) is 1. The first-order valence-corrected chi connectivity index (χ1v) is 14.8. The third-order valence-corrected chi connectivity index (χ3v) is 8.85. The molecule has 0 aromatic heterocycles. The number of Topliss-reactive ketones (excluding diaryl/α,β-unsaturated/α-hetero) is 1. The molecule has 44 heavy (non-hydrogen) atoms. The minimum Gasteiger partial charge on any atom is -0.410 e. The van der Waals surface area contributed by atoms with E-state index in [1.54, 1.807) is 42.2 Å². The van der Waals surface area contributed by atoms with Gasteiger partial charge in [-0.1, -0.05) is 17.7 Å². The summed E-state index contributed by atoms with van der Waals surface area (Å²) in [6.45, 7) is 2.89. The summed E-state index contributed by atoms with van der Waals surface area (Å²) >= 11 is 5.97. The maximum absolute atomic E-state index is 14.7. The number of hydrogen-bond acceptors (Lipinski definition) is 6. The molecule has 2 aliphatic heterocycles. The van der Waals surface area contributed by atoms with Crippen LogP contribution in [-0.4, -0.2) is 65.8 Å². The first-order chi connectivity index (χ1) is 21.2. The number of nitrogens with one attached hydrogen (secondary N) is 1. The van der Waals surface area contributed by atoms with Crippen LogP contribution < -0.4 is 10.1 Å². The Balaban J connectivity index is 1.43. The van der Waals surface area contributed by atoms with Crippen molar-refractivity contribution in [3.8, 4) is 11.8 Å². The topological polar surface area (TPSA) is 103 Å². The molecular formula is C33H31ClF2N4O4. The Morgan fingerprint density at radius 1 is 1.07 bits per heavy atom. The van der Waals surface area contributed by atoms with E-state index >= 15 is 0 Å². The van der Waals surface area contributed by atoms with Crippen LogP contribution in [0.25, 0.3) is 0 Å². The summed E-state index contributed by atoms with van der Waals surface area (Å²) in [7, 11) is 0. The fourth-order valence-electron chi connectivity index (χ4n) is 6.30. The second-order valence-corrected chi connectivity index (χ2v) is 11.4. The molecule has 2 heterocycles. The summed E-state index contributed by atoms with van der Waals surface area (Å²) in [4.78, 5) is 44.6. The molecule has 11 heteroatoms. The van der Waals surface area contributed by atoms with E-state index in [1.807, 2.05) is 6.07 Å². The number of nitrogens with zero attached hydrogens (tertiary/aromatic N) is 3. The maximum atomic E-state index is 14.7. The number of likely N-dealkylation sites (tertiary alicyclic amines) is 1. The van der Waals surface area contributed by atoms with Crippen LogP contribution in [-0.2, 0) is 4.79 Å². The molecule has 0 unspecified atom stereocenters. The molecule has 3 aromatic rings. The Hall–Kier alpha value is -4.33. The van der Waals surface area contributed by atoms with Crippen molar-refractivity contribution in [3.63, 3.8) is 0 Å². The minimum absolute atomic E-state index is 0.0565. The number of piperidine rings is 1. The molecule has 0 aliphatic carbocycles. The molecule has 0 radical (unpaired) electrons. The van der Waals surface area contributed by atoms with Crippen molar-refractivity contribution in [2.75, 3.05) is 32.7 Å². The van der Waals surface area contributed by atoms with Crippen molar-refractivity contribution in [2.45, 2.75) is 31.2 Å². The number of ketones is 1. The van der Waals surface area contributed by atoms with Crippen LogP contribution in [0.15, 0.2) is 66.7 Å². The first-order valence-electron chi connectivity index (χ1n) is 14.4. The van der Waals surface area contributed by atoms with E-state index in [9.17, 15) is 23.2 Å². The van der Waals surface area contributed by atoms with E-state index in [0.717, 1.165) is 0 Å². The Labute approximate surface area is 259 Å². The van der Waals surface area contributed by atoms with Gasteiger partial charge in [0.2, 0.25) is 0 Å². The maximum Gasteiger partial charge on any atom is 0.416 e. The van der Waals surface area contributed by atoms with Crippen molar-refractivity contribution < 1.29 is 27.9 Å². The van der Waals surface area contributed by atoms with Gasteiger partial charge in [-0.2, -0.15) is 5.26 Å². The van der Waals surface area contributed by atoms with Gasteiger partial charge in [-0.05, 0) is 86.0 Å². The lowest BCUT2D eigenvalue weighted by Gasteiger charge is -2.45. The number of hydrogen-bond donors (Lipinski definition) is 1. The van der Waals surface area contributed by atoms with Crippen LogP contribution in [0.2, 0.25) is 5.02 Å². The predicted molar refractivity (Wildman–Crippen MR) is 159 cm³/mol. The number of amides is 2. The predicted octanol–water partition coefficient (Wildman–Crippen LogP) is 5.56. The molecule has 8 nitrogen and oxygen atoms in total. The highest BCUT2D eigenvalue weighted by molar-refractivity contribution is 6.30. The Morgan fingerprint density at radius 2 is 1.75 bits per heavy atom. The molecule has 2 aliphatic rings. The van der Waals surface area contributed by atoms with Gasteiger partial charge < -0.3 is 15.0 Å². The number of rotatable bonds is 7. The van der Waals surface area contributed by atoms with Gasteiger partial charge >= 0.3 is 6.09 Å². The monoisotopic (exact) mass is 620 g/mol. The number of benzene rings is 3. The highest BCUT2D eigenvalue weighted by Crippen LogP contribution is 2.42. The van der Waals surface area contributed by atoms with E-state index < -0.39 is 35.1 Å². The molecule has 0 saturated carbocycles. The van der Waals surface area contributed by atoms with Gasteiger partial charge in [-0.25, -0.2) is 13.6 Å². The van der Waals surface area contributed by atoms with Crippen LogP contribution in [0.4, 0.5) is 13.6 Å². The number of carbonyl (C=O) groups is 3. The fraction of sp³-hybridized carbons (Fsp3) is 0.333. The standard InChI is InChI=1S/C33H31ClF2N4O4/c1-2-40(32(43)44-26-10-8-25(35)9-11-26)33(20-38-19-27(33)24-7-12-28(34)29(36)17-24)30(41)22-13-15-39(16-14-22)31(42)23-5-3-21(18-37)4-6-23/h3-12,17,22,27,38H,2,13-16,19-20H2,1H3/t27-,33+/m0/s1. The molecule has 3 aromatic carbocycles. The second-order valence-electron chi connectivity index (χ2n) is 11.0. The summed E-state index contributed by atoms with van der Waals surface area (Å²) in [5, 5.41) is 12.2. The summed E-state index contributed by atoms with van der Waals surface area (Å²) in [6, 6.07) is 17.8. The lowest BCUT2D eigenvalue weighted by molar-refractivity contribution is -0.135. The fourth-order valence-corrected chi connectivity index (χ4v) is 6.42. The highest BCUT2D eigenvalue weighted by atomic mass is 35.5. The largest absolute Gasteiger partial charge is 0.416 e. The number of halogens is 3. The van der Waals surface area contributed by atoms with Crippen molar-refractivity contribution in [1.29, 1.82) is 5.26 Å². The van der Waals surface area contributed by atoms with Gasteiger partial charge in [-0.15, -0.1) is 0 Å². The molecule has 2 amide bonds. The molecule has 1 N–H and O–H groups in total. The second kappa shape index (κ2) is 13.1. The molecule has 0 bridgehead atoms. The van der Waals surface area contributed by atoms with Crippen molar-refractivity contribution >= 4 is 29.4 Å². The number of likely N-dealkylation sites (N-methyl/N-ethyl adjacent to an activating group) is 1. The molecule has 2 fully saturated rings. The Bertz CT molecular complexity index is 1590. The quantitative estimate of drug-likeness (QED) is 0.371. The van der Waals surface area contributed by atoms with Crippen LogP contribution >= 0.6 is 11.6 Å². The van der Waals surface area contributed by atoms with Gasteiger partial charge in [0.25, 0.3) is 5.91 Å². The van der Waals surface area contributed by atoms with Crippen LogP contribution in [0, 0.1) is 28.9 Å². The molecule has 5 rings (SSSR count). The van der Waals surface area contributed by atoms with Crippen LogP contribution in [0.5, 0.6) is 5.75 Å². The van der Waals surface area contributed by atoms with Gasteiger partial charge in [0.05, 0.1) is 16.7 Å². The molecule has 228 valence electrons. The average Bonchev–Trinajstić information content (AvgIpc) is 3.48. The molecule has 2 saturated heterocycles. The van der Waals surface area contributed by atoms with Gasteiger partial charge in [0, 0.05) is 50.1 Å². The van der Waals surface area contributed by atoms with Crippen molar-refractivity contribution in [2.24, 2.45) is 5.92 Å². The number of nitriles is 1. The van der Waals surface area contributed by atoms with Gasteiger partial charge in [0.1, 0.15) is 22.9 Å². The molecule has 0 spiro atoms. The van der Waals surface area contributed by atoms with Crippen LogP contribution in [0.3, 0.4) is 0 Å². The smallest absolute Gasteiger partial charge is 0.410 e. The normalized spacial score (nSPS) is 20.2. The summed E-state index contributed by atoms with van der Waals surface area (Å²) in [5.41, 5.74) is -0.0202. The highest BCUT2D eigenvalue weighted by Gasteiger charge is 2.57. The lowest BCUT2D eigenvalue weighted by Crippen LogP contribution is -2.64. The molecule has 2 atom stereocenters. The molecular weight excluding hydrogens is 590 g/mol. The van der Waals surface area contributed by atoms with E-state index in [2.05, 4.69) is 5.32 Å². The van der Waals surface area contributed by atoms with Gasteiger partial charge in [-0.3, -0.25) is 14.5 Å². The van der Waals surface area contributed by atoms with E-state index in [-0.39, 0.29) is 35.6 Å². The summed E-state index contributed by atoms with van der Waals surface area (Å²) in [5.74, 6) is -2.52. The Morgan fingerprint density at radius 3 is 2.36 bits per heavy atom. The lowest BCUT2D eigenvalue weighted by atomic mass is 9.71.